The summed E-state index contributed by atoms with van der Waals surface area (Å²) in [6, 6.07) is 3.74. The van der Waals surface area contributed by atoms with Crippen molar-refractivity contribution in [3.05, 3.63) is 28.8 Å². The third-order valence-electron chi connectivity index (χ3n) is 3.17. The first-order chi connectivity index (χ1) is 9.30. The van der Waals surface area contributed by atoms with Gasteiger partial charge in [-0.25, -0.2) is 4.79 Å². The van der Waals surface area contributed by atoms with Crippen molar-refractivity contribution in [3.8, 4) is 0 Å². The van der Waals surface area contributed by atoms with Crippen LogP contribution in [0.2, 0.25) is 5.02 Å². The molecule has 0 spiro atoms. The molecule has 1 heterocycles. The maximum Gasteiger partial charge on any atom is 0.417 e. The quantitative estimate of drug-likeness (QED) is 0.866. The van der Waals surface area contributed by atoms with E-state index in [4.69, 9.17) is 16.7 Å². The number of hydrogen-bond acceptors (Lipinski definition) is 2. The lowest BCUT2D eigenvalue weighted by atomic mass is 10.1. The number of anilines is 1. The Morgan fingerprint density at radius 2 is 1.80 bits per heavy atom. The van der Waals surface area contributed by atoms with Gasteiger partial charge in [0.1, 0.15) is 0 Å². The molecular formula is C12H12ClF3N2O2. The van der Waals surface area contributed by atoms with Gasteiger partial charge in [0.2, 0.25) is 0 Å². The van der Waals surface area contributed by atoms with Gasteiger partial charge >= 0.3 is 12.3 Å². The standard InChI is InChI=1S/C12H12ClF3N2O2/c13-10-8(12(14,15)16)2-1-3-9(10)17-4-6-18(7-5-17)11(19)20/h1-3H,4-7H2,(H,19,20). The van der Waals surface area contributed by atoms with E-state index in [9.17, 15) is 18.0 Å². The second-order valence-electron chi connectivity index (χ2n) is 4.39. The van der Waals surface area contributed by atoms with Gasteiger partial charge in [0.15, 0.2) is 0 Å². The van der Waals surface area contributed by atoms with Gasteiger partial charge in [-0.05, 0) is 12.1 Å². The average Bonchev–Trinajstić information content (AvgIpc) is 2.37. The van der Waals surface area contributed by atoms with Crippen LogP contribution in [-0.2, 0) is 6.18 Å². The zero-order chi connectivity index (χ0) is 14.9. The summed E-state index contributed by atoms with van der Waals surface area (Å²) < 4.78 is 38.3. The molecule has 2 rings (SSSR count). The average molecular weight is 309 g/mol. The maximum absolute atomic E-state index is 12.8. The number of alkyl halides is 3. The molecule has 0 unspecified atom stereocenters. The molecule has 0 radical (unpaired) electrons. The Morgan fingerprint density at radius 1 is 1.20 bits per heavy atom. The number of piperazine rings is 1. The minimum atomic E-state index is -4.50. The Balaban J connectivity index is 2.21. The first-order valence-corrected chi connectivity index (χ1v) is 6.27. The molecular weight excluding hydrogens is 297 g/mol. The van der Waals surface area contributed by atoms with Crippen molar-refractivity contribution in [1.82, 2.24) is 4.90 Å². The van der Waals surface area contributed by atoms with E-state index in [1.165, 1.54) is 17.0 Å². The summed E-state index contributed by atoms with van der Waals surface area (Å²) in [5.74, 6) is 0. The fourth-order valence-electron chi connectivity index (χ4n) is 2.12. The van der Waals surface area contributed by atoms with Crippen molar-refractivity contribution in [2.45, 2.75) is 6.18 Å². The molecule has 1 aromatic carbocycles. The molecule has 0 atom stereocenters. The van der Waals surface area contributed by atoms with Gasteiger partial charge in [0.25, 0.3) is 0 Å². The smallest absolute Gasteiger partial charge is 0.417 e. The van der Waals surface area contributed by atoms with Crippen LogP contribution >= 0.6 is 11.6 Å². The molecule has 1 N–H and O–H groups in total. The lowest BCUT2D eigenvalue weighted by Crippen LogP contribution is -2.48. The SMILES string of the molecule is O=C(O)N1CCN(c2cccc(C(F)(F)F)c2Cl)CC1. The highest BCUT2D eigenvalue weighted by molar-refractivity contribution is 6.34. The van der Waals surface area contributed by atoms with Crippen LogP contribution in [0.25, 0.3) is 0 Å². The van der Waals surface area contributed by atoms with E-state index in [1.54, 1.807) is 4.90 Å². The third kappa shape index (κ3) is 2.92. The predicted molar refractivity (Wildman–Crippen MR) is 68.3 cm³/mol. The van der Waals surface area contributed by atoms with Crippen molar-refractivity contribution in [2.24, 2.45) is 0 Å². The zero-order valence-corrected chi connectivity index (χ0v) is 11.1. The highest BCUT2D eigenvalue weighted by atomic mass is 35.5. The largest absolute Gasteiger partial charge is 0.465 e. The predicted octanol–water partition coefficient (Wildman–Crippen LogP) is 3.16. The van der Waals surface area contributed by atoms with E-state index in [0.717, 1.165) is 6.07 Å². The summed E-state index contributed by atoms with van der Waals surface area (Å²) in [6.07, 6.45) is -5.53. The number of carbonyl (C=O) groups is 1. The highest BCUT2D eigenvalue weighted by Gasteiger charge is 2.35. The van der Waals surface area contributed by atoms with Crippen molar-refractivity contribution in [2.75, 3.05) is 31.1 Å². The number of rotatable bonds is 1. The number of carboxylic acid groups (broad SMARTS) is 1. The highest BCUT2D eigenvalue weighted by Crippen LogP contribution is 2.39. The second kappa shape index (κ2) is 5.40. The molecule has 1 aliphatic rings. The Labute approximate surface area is 118 Å². The lowest BCUT2D eigenvalue weighted by Gasteiger charge is -2.35. The molecule has 1 amide bonds. The van der Waals surface area contributed by atoms with E-state index >= 15 is 0 Å². The van der Waals surface area contributed by atoms with Crippen LogP contribution in [0.4, 0.5) is 23.7 Å². The minimum absolute atomic E-state index is 0.238. The number of benzene rings is 1. The third-order valence-corrected chi connectivity index (χ3v) is 3.57. The van der Waals surface area contributed by atoms with Crippen LogP contribution in [0.15, 0.2) is 18.2 Å². The maximum atomic E-state index is 12.8. The molecule has 8 heteroatoms. The number of amides is 1. The second-order valence-corrected chi connectivity index (χ2v) is 4.77. The number of halogens is 4. The van der Waals surface area contributed by atoms with Crippen LogP contribution in [0.3, 0.4) is 0 Å². The fourth-order valence-corrected chi connectivity index (χ4v) is 2.47. The zero-order valence-electron chi connectivity index (χ0n) is 10.3. The van der Waals surface area contributed by atoms with E-state index in [1.807, 2.05) is 0 Å². The summed E-state index contributed by atoms with van der Waals surface area (Å²) >= 11 is 5.83. The summed E-state index contributed by atoms with van der Waals surface area (Å²) in [7, 11) is 0. The molecule has 1 aliphatic heterocycles. The first kappa shape index (κ1) is 14.8. The van der Waals surface area contributed by atoms with E-state index in [0.29, 0.717) is 13.1 Å². The Bertz CT molecular complexity index is 514. The van der Waals surface area contributed by atoms with E-state index in [2.05, 4.69) is 0 Å². The Kier molecular flexibility index (Phi) is 3.99. The van der Waals surface area contributed by atoms with Gasteiger partial charge in [-0.15, -0.1) is 0 Å². The monoisotopic (exact) mass is 308 g/mol. The molecule has 1 saturated heterocycles. The summed E-state index contributed by atoms with van der Waals surface area (Å²) in [6.45, 7) is 1.10. The van der Waals surface area contributed by atoms with Crippen molar-refractivity contribution < 1.29 is 23.1 Å². The molecule has 0 aromatic heterocycles. The van der Waals surface area contributed by atoms with E-state index in [-0.39, 0.29) is 23.8 Å². The van der Waals surface area contributed by atoms with Crippen LogP contribution in [0.5, 0.6) is 0 Å². The van der Waals surface area contributed by atoms with Crippen molar-refractivity contribution >= 4 is 23.4 Å². The molecule has 20 heavy (non-hydrogen) atoms. The summed E-state index contributed by atoms with van der Waals surface area (Å²) in [5, 5.41) is 8.49. The van der Waals surface area contributed by atoms with Gasteiger partial charge in [-0.2, -0.15) is 13.2 Å². The van der Waals surface area contributed by atoms with Crippen molar-refractivity contribution in [1.29, 1.82) is 0 Å². The van der Waals surface area contributed by atoms with Crippen LogP contribution < -0.4 is 4.90 Å². The first-order valence-electron chi connectivity index (χ1n) is 5.89. The van der Waals surface area contributed by atoms with Crippen LogP contribution in [0.1, 0.15) is 5.56 Å². The topological polar surface area (TPSA) is 43.8 Å². The molecule has 1 fully saturated rings. The molecule has 110 valence electrons. The molecule has 0 aliphatic carbocycles. The summed E-state index contributed by atoms with van der Waals surface area (Å²) in [5.41, 5.74) is -0.594. The fraction of sp³-hybridized carbons (Fsp3) is 0.417. The van der Waals surface area contributed by atoms with Gasteiger partial charge < -0.3 is 14.9 Å². The minimum Gasteiger partial charge on any atom is -0.465 e. The summed E-state index contributed by atoms with van der Waals surface area (Å²) in [4.78, 5) is 13.7. The normalized spacial score (nSPS) is 16.4. The van der Waals surface area contributed by atoms with Crippen LogP contribution in [0, 0.1) is 0 Å². The number of hydrogen-bond donors (Lipinski definition) is 1. The van der Waals surface area contributed by atoms with Gasteiger partial charge in [0, 0.05) is 26.2 Å². The molecule has 4 nitrogen and oxygen atoms in total. The molecule has 0 saturated carbocycles. The van der Waals surface area contributed by atoms with Crippen LogP contribution in [-0.4, -0.2) is 42.3 Å². The van der Waals surface area contributed by atoms with Crippen molar-refractivity contribution in [3.63, 3.8) is 0 Å². The van der Waals surface area contributed by atoms with Gasteiger partial charge in [-0.1, -0.05) is 17.7 Å². The molecule has 1 aromatic rings. The van der Waals surface area contributed by atoms with Gasteiger partial charge in [0.05, 0.1) is 16.3 Å². The number of nitrogens with zero attached hydrogens (tertiary/aromatic N) is 2. The Hall–Kier alpha value is -1.63. The van der Waals surface area contributed by atoms with Gasteiger partial charge in [-0.3, -0.25) is 0 Å². The lowest BCUT2D eigenvalue weighted by molar-refractivity contribution is -0.137. The van der Waals surface area contributed by atoms with E-state index < -0.39 is 17.8 Å². The molecule has 0 bridgehead atoms. The Morgan fingerprint density at radius 3 is 2.30 bits per heavy atom.